The Labute approximate surface area is 152 Å². The molecule has 0 saturated carbocycles. The number of carboxylic acid groups (broad SMARTS) is 1. The molecule has 1 aliphatic heterocycles. The third-order valence-electron chi connectivity index (χ3n) is 4.38. The molecule has 1 aliphatic rings. The van der Waals surface area contributed by atoms with Crippen molar-refractivity contribution in [2.45, 2.75) is 12.8 Å². The van der Waals surface area contributed by atoms with Crippen LogP contribution in [0.5, 0.6) is 5.75 Å². The molecule has 0 spiro atoms. The second-order valence-electron chi connectivity index (χ2n) is 6.09. The number of benzene rings is 1. The topological polar surface area (TPSA) is 109 Å². The van der Waals surface area contributed by atoms with Crippen LogP contribution in [-0.4, -0.2) is 55.0 Å². The molecular weight excluding hydrogens is 358 g/mol. The lowest BCUT2D eigenvalue weighted by Gasteiger charge is -2.29. The predicted molar refractivity (Wildman–Crippen MR) is 96.1 cm³/mol. The van der Waals surface area contributed by atoms with Crippen LogP contribution in [0, 0.1) is 5.92 Å². The molecule has 1 saturated heterocycles. The Balaban J connectivity index is 1.50. The molecule has 1 aromatic heterocycles. The van der Waals surface area contributed by atoms with E-state index in [1.807, 2.05) is 24.3 Å². The van der Waals surface area contributed by atoms with E-state index in [0.29, 0.717) is 18.6 Å². The molecule has 1 aromatic carbocycles. The number of nitrogens with zero attached hydrogens (tertiary/aromatic N) is 2. The van der Waals surface area contributed by atoms with E-state index in [1.165, 1.54) is 4.31 Å². The monoisotopic (exact) mass is 379 g/mol. The number of para-hydroxylation sites is 1. The molecule has 0 atom stereocenters. The van der Waals surface area contributed by atoms with Gasteiger partial charge < -0.3 is 9.84 Å². The van der Waals surface area contributed by atoms with Crippen LogP contribution in [-0.2, 0) is 15.0 Å². The molecule has 0 bridgehead atoms. The first kappa shape index (κ1) is 18.6. The number of aliphatic carboxylic acids is 1. The van der Waals surface area contributed by atoms with E-state index in [-0.39, 0.29) is 26.2 Å². The van der Waals surface area contributed by atoms with Crippen LogP contribution in [0.1, 0.15) is 12.8 Å². The summed E-state index contributed by atoms with van der Waals surface area (Å²) in [5.74, 6) is -0.736. The third kappa shape index (κ3) is 4.29. The number of hydrogen-bond acceptors (Lipinski definition) is 5. The SMILES string of the molecule is O=C(O)C1CCN(S(=O)(=O)NCCOc2cccc3cccnc23)CC1. The van der Waals surface area contributed by atoms with Crippen LogP contribution in [0.4, 0.5) is 0 Å². The van der Waals surface area contributed by atoms with Crippen molar-refractivity contribution in [1.82, 2.24) is 14.0 Å². The van der Waals surface area contributed by atoms with Crippen LogP contribution in [0.2, 0.25) is 0 Å². The fraction of sp³-hybridized carbons (Fsp3) is 0.412. The summed E-state index contributed by atoms with van der Waals surface area (Å²) in [6, 6.07) is 9.35. The minimum absolute atomic E-state index is 0.115. The van der Waals surface area contributed by atoms with Gasteiger partial charge in [0.2, 0.25) is 0 Å². The molecule has 2 aromatic rings. The van der Waals surface area contributed by atoms with Gasteiger partial charge in [-0.1, -0.05) is 18.2 Å². The minimum atomic E-state index is -3.63. The Hall–Kier alpha value is -2.23. The highest BCUT2D eigenvalue weighted by atomic mass is 32.2. The predicted octanol–water partition coefficient (Wildman–Crippen LogP) is 1.24. The van der Waals surface area contributed by atoms with Gasteiger partial charge in [-0.25, -0.2) is 0 Å². The van der Waals surface area contributed by atoms with Crippen molar-refractivity contribution in [1.29, 1.82) is 0 Å². The van der Waals surface area contributed by atoms with Crippen molar-refractivity contribution in [2.75, 3.05) is 26.2 Å². The number of carboxylic acids is 1. The van der Waals surface area contributed by atoms with Crippen LogP contribution < -0.4 is 9.46 Å². The fourth-order valence-corrected chi connectivity index (χ4v) is 4.17. The van der Waals surface area contributed by atoms with Gasteiger partial charge in [-0.2, -0.15) is 17.4 Å². The zero-order valence-corrected chi connectivity index (χ0v) is 15.0. The summed E-state index contributed by atoms with van der Waals surface area (Å²) in [6.45, 7) is 0.700. The zero-order valence-electron chi connectivity index (χ0n) is 14.2. The Morgan fingerprint density at radius 3 is 2.73 bits per heavy atom. The quantitative estimate of drug-likeness (QED) is 0.701. The first-order valence-electron chi connectivity index (χ1n) is 8.41. The molecule has 0 radical (unpaired) electrons. The number of nitrogens with one attached hydrogen (secondary N) is 1. The number of aromatic nitrogens is 1. The fourth-order valence-electron chi connectivity index (χ4n) is 2.96. The Kier molecular flexibility index (Phi) is 5.70. The first-order chi connectivity index (χ1) is 12.5. The number of ether oxygens (including phenoxy) is 1. The minimum Gasteiger partial charge on any atom is -0.490 e. The van der Waals surface area contributed by atoms with Crippen LogP contribution in [0.25, 0.3) is 10.9 Å². The number of pyridine rings is 1. The highest BCUT2D eigenvalue weighted by molar-refractivity contribution is 7.87. The summed E-state index contributed by atoms with van der Waals surface area (Å²) in [6.07, 6.45) is 2.33. The number of piperidine rings is 1. The van der Waals surface area contributed by atoms with Gasteiger partial charge in [-0.3, -0.25) is 9.78 Å². The summed E-state index contributed by atoms with van der Waals surface area (Å²) < 4.78 is 34.0. The summed E-state index contributed by atoms with van der Waals surface area (Å²) in [5.41, 5.74) is 0.730. The average Bonchev–Trinajstić information content (AvgIpc) is 2.65. The van der Waals surface area contributed by atoms with Crippen LogP contribution >= 0.6 is 0 Å². The standard InChI is InChI=1S/C17H21N3O5S/c21-17(22)14-6-10-20(11-7-14)26(23,24)19-9-12-25-15-5-1-3-13-4-2-8-18-16(13)15/h1-5,8,14,19H,6-7,9-12H2,(H,21,22). The van der Waals surface area contributed by atoms with E-state index < -0.39 is 22.1 Å². The number of rotatable bonds is 7. The summed E-state index contributed by atoms with van der Waals surface area (Å²) in [7, 11) is -3.63. The lowest BCUT2D eigenvalue weighted by atomic mass is 9.99. The van der Waals surface area contributed by atoms with Gasteiger partial charge in [0.15, 0.2) is 0 Å². The van der Waals surface area contributed by atoms with Crippen molar-refractivity contribution in [3.05, 3.63) is 36.5 Å². The highest BCUT2D eigenvalue weighted by Crippen LogP contribution is 2.23. The number of hydrogen-bond donors (Lipinski definition) is 2. The molecule has 9 heteroatoms. The number of fused-ring (bicyclic) bond motifs is 1. The molecular formula is C17H21N3O5S. The van der Waals surface area contributed by atoms with Gasteiger partial charge in [0, 0.05) is 31.2 Å². The van der Waals surface area contributed by atoms with Gasteiger partial charge in [0.25, 0.3) is 10.2 Å². The second kappa shape index (κ2) is 7.98. The Morgan fingerprint density at radius 1 is 1.27 bits per heavy atom. The van der Waals surface area contributed by atoms with E-state index in [4.69, 9.17) is 9.84 Å². The molecule has 1 fully saturated rings. The average molecular weight is 379 g/mol. The van der Waals surface area contributed by atoms with Gasteiger partial charge >= 0.3 is 5.97 Å². The van der Waals surface area contributed by atoms with Gasteiger partial charge in [0.1, 0.15) is 17.9 Å². The lowest BCUT2D eigenvalue weighted by molar-refractivity contribution is -0.142. The first-order valence-corrected chi connectivity index (χ1v) is 9.85. The number of carbonyl (C=O) groups is 1. The van der Waals surface area contributed by atoms with Crippen LogP contribution in [0.3, 0.4) is 0 Å². The maximum atomic E-state index is 12.3. The van der Waals surface area contributed by atoms with E-state index in [2.05, 4.69) is 9.71 Å². The van der Waals surface area contributed by atoms with Crippen molar-refractivity contribution >= 4 is 27.1 Å². The normalized spacial score (nSPS) is 16.6. The molecule has 3 rings (SSSR count). The van der Waals surface area contributed by atoms with Crippen LogP contribution in [0.15, 0.2) is 36.5 Å². The van der Waals surface area contributed by atoms with E-state index in [9.17, 15) is 13.2 Å². The van der Waals surface area contributed by atoms with E-state index >= 15 is 0 Å². The summed E-state index contributed by atoms with van der Waals surface area (Å²) in [5, 5.41) is 9.93. The molecule has 26 heavy (non-hydrogen) atoms. The Bertz CT molecular complexity index is 874. The van der Waals surface area contributed by atoms with Crippen molar-refractivity contribution < 1.29 is 23.1 Å². The van der Waals surface area contributed by atoms with Gasteiger partial charge in [0.05, 0.1) is 5.92 Å². The van der Waals surface area contributed by atoms with E-state index in [0.717, 1.165) is 10.9 Å². The molecule has 0 amide bonds. The van der Waals surface area contributed by atoms with Crippen molar-refractivity contribution in [3.63, 3.8) is 0 Å². The van der Waals surface area contributed by atoms with E-state index in [1.54, 1.807) is 12.3 Å². The maximum Gasteiger partial charge on any atom is 0.306 e. The molecule has 0 aliphatic carbocycles. The van der Waals surface area contributed by atoms with Gasteiger partial charge in [-0.15, -0.1) is 0 Å². The molecule has 0 unspecified atom stereocenters. The van der Waals surface area contributed by atoms with Gasteiger partial charge in [-0.05, 0) is 25.0 Å². The molecule has 8 nitrogen and oxygen atoms in total. The zero-order chi connectivity index (χ0) is 18.6. The molecule has 2 heterocycles. The van der Waals surface area contributed by atoms with Crippen molar-refractivity contribution in [3.8, 4) is 5.75 Å². The summed E-state index contributed by atoms with van der Waals surface area (Å²) >= 11 is 0. The summed E-state index contributed by atoms with van der Waals surface area (Å²) in [4.78, 5) is 15.2. The Morgan fingerprint density at radius 2 is 2.00 bits per heavy atom. The highest BCUT2D eigenvalue weighted by Gasteiger charge is 2.30. The molecule has 2 N–H and O–H groups in total. The largest absolute Gasteiger partial charge is 0.490 e. The smallest absolute Gasteiger partial charge is 0.306 e. The second-order valence-corrected chi connectivity index (χ2v) is 7.85. The third-order valence-corrected chi connectivity index (χ3v) is 6.00. The maximum absolute atomic E-state index is 12.3. The van der Waals surface area contributed by atoms with Crippen molar-refractivity contribution in [2.24, 2.45) is 5.92 Å². The lowest BCUT2D eigenvalue weighted by Crippen LogP contribution is -2.46. The molecule has 140 valence electrons.